The minimum Gasteiger partial charge on any atom is -0.452 e. The largest absolute Gasteiger partial charge is 0.452 e. The van der Waals surface area contributed by atoms with Crippen LogP contribution in [-0.2, 0) is 4.74 Å². The molecule has 1 N–H and O–H groups in total. The third-order valence-electron chi connectivity index (χ3n) is 1.52. The third kappa shape index (κ3) is 2.08. The van der Waals surface area contributed by atoms with E-state index in [1.807, 2.05) is 0 Å². The number of rotatable bonds is 0. The molecule has 0 atom stereocenters. The molecule has 0 radical (unpaired) electrons. The first-order valence-corrected chi connectivity index (χ1v) is 3.18. The van der Waals surface area contributed by atoms with Gasteiger partial charge in [-0.1, -0.05) is 0 Å². The Morgan fingerprint density at radius 3 is 2.73 bits per heavy atom. The first-order valence-electron chi connectivity index (χ1n) is 3.18. The number of halogens is 1. The second kappa shape index (κ2) is 4.18. The van der Waals surface area contributed by atoms with Gasteiger partial charge in [0.2, 0.25) is 0 Å². The van der Waals surface area contributed by atoms with Crippen LogP contribution in [0.15, 0.2) is 0 Å². The number of ether oxygens (including phenoxy) is 1. The van der Waals surface area contributed by atoms with Gasteiger partial charge in [-0.15, -0.1) is 12.4 Å². The standard InChI is InChI=1S/C6H10N2O2.ClH/c1-10-6(9)8-4-2-3-5(8)7;/h7H,2-4H2,1H3;1H. The van der Waals surface area contributed by atoms with E-state index in [4.69, 9.17) is 5.41 Å². The van der Waals surface area contributed by atoms with E-state index >= 15 is 0 Å². The zero-order valence-electron chi connectivity index (χ0n) is 6.29. The van der Waals surface area contributed by atoms with Gasteiger partial charge in [-0.05, 0) is 6.42 Å². The predicted molar refractivity (Wildman–Crippen MR) is 43.3 cm³/mol. The highest BCUT2D eigenvalue weighted by atomic mass is 35.5. The van der Waals surface area contributed by atoms with Crippen molar-refractivity contribution in [3.05, 3.63) is 0 Å². The number of carbonyl (C=O) groups is 1. The summed E-state index contributed by atoms with van der Waals surface area (Å²) in [7, 11) is 1.33. The van der Waals surface area contributed by atoms with Crippen LogP contribution in [-0.4, -0.2) is 30.5 Å². The molecule has 1 aliphatic rings. The van der Waals surface area contributed by atoms with Gasteiger partial charge in [0, 0.05) is 13.0 Å². The fourth-order valence-corrected chi connectivity index (χ4v) is 0.986. The minimum absolute atomic E-state index is 0. The van der Waals surface area contributed by atoms with Crippen LogP contribution in [0.25, 0.3) is 0 Å². The number of methoxy groups -OCH3 is 1. The Balaban J connectivity index is 0.000001000. The molecule has 0 aromatic heterocycles. The lowest BCUT2D eigenvalue weighted by molar-refractivity contribution is 0.148. The van der Waals surface area contributed by atoms with E-state index in [-0.39, 0.29) is 12.4 Å². The van der Waals surface area contributed by atoms with Crippen molar-refractivity contribution >= 4 is 24.3 Å². The van der Waals surface area contributed by atoms with Crippen LogP contribution in [0, 0.1) is 5.41 Å². The van der Waals surface area contributed by atoms with Crippen LogP contribution in [0.5, 0.6) is 0 Å². The highest BCUT2D eigenvalue weighted by Gasteiger charge is 2.23. The minimum atomic E-state index is -0.414. The van der Waals surface area contributed by atoms with Crippen molar-refractivity contribution in [2.75, 3.05) is 13.7 Å². The topological polar surface area (TPSA) is 53.4 Å². The summed E-state index contributed by atoms with van der Waals surface area (Å²) < 4.78 is 4.45. The SMILES string of the molecule is COC(=O)N1CCCC1=N.Cl. The van der Waals surface area contributed by atoms with E-state index in [2.05, 4.69) is 4.74 Å². The van der Waals surface area contributed by atoms with Crippen molar-refractivity contribution in [2.24, 2.45) is 0 Å². The first kappa shape index (κ1) is 10.2. The summed E-state index contributed by atoms with van der Waals surface area (Å²) in [6.07, 6.45) is 1.16. The number of amides is 1. The molecule has 1 heterocycles. The van der Waals surface area contributed by atoms with E-state index in [1.54, 1.807) is 0 Å². The molecule has 1 fully saturated rings. The number of hydrogen-bond acceptors (Lipinski definition) is 3. The van der Waals surface area contributed by atoms with E-state index < -0.39 is 6.09 Å². The zero-order chi connectivity index (χ0) is 7.56. The molecule has 0 spiro atoms. The van der Waals surface area contributed by atoms with Crippen molar-refractivity contribution in [3.8, 4) is 0 Å². The molecule has 1 rings (SSSR count). The first-order chi connectivity index (χ1) is 4.75. The lowest BCUT2D eigenvalue weighted by Crippen LogP contribution is -2.31. The maximum atomic E-state index is 10.8. The Hall–Kier alpha value is -0.770. The van der Waals surface area contributed by atoms with Gasteiger partial charge in [0.05, 0.1) is 7.11 Å². The number of nitrogens with one attached hydrogen (secondary N) is 1. The Morgan fingerprint density at radius 1 is 1.73 bits per heavy atom. The summed E-state index contributed by atoms with van der Waals surface area (Å²) in [6, 6.07) is 0. The molecule has 5 heteroatoms. The van der Waals surface area contributed by atoms with Crippen molar-refractivity contribution in [1.29, 1.82) is 5.41 Å². The molecule has 1 saturated heterocycles. The molecule has 1 aliphatic heterocycles. The molecule has 0 unspecified atom stereocenters. The lowest BCUT2D eigenvalue weighted by atomic mass is 10.4. The number of hydrogen-bond donors (Lipinski definition) is 1. The summed E-state index contributed by atoms with van der Waals surface area (Å²) in [5.74, 6) is 0.367. The van der Waals surface area contributed by atoms with E-state index in [0.717, 1.165) is 6.42 Å². The fraction of sp³-hybridized carbons (Fsp3) is 0.667. The molecule has 1 amide bonds. The number of nitrogens with zero attached hydrogens (tertiary/aromatic N) is 1. The molecule has 64 valence electrons. The van der Waals surface area contributed by atoms with Gasteiger partial charge in [-0.3, -0.25) is 10.3 Å². The molecular formula is C6H11ClN2O2. The average Bonchev–Trinajstić information content (AvgIpc) is 2.34. The summed E-state index contributed by atoms with van der Waals surface area (Å²) in [6.45, 7) is 0.630. The van der Waals surface area contributed by atoms with Crippen LogP contribution in [0.1, 0.15) is 12.8 Å². The van der Waals surface area contributed by atoms with Crippen molar-refractivity contribution in [3.63, 3.8) is 0 Å². The summed E-state index contributed by atoms with van der Waals surface area (Å²) in [5.41, 5.74) is 0. The van der Waals surface area contributed by atoms with Gasteiger partial charge in [0.25, 0.3) is 0 Å². The number of carbonyl (C=O) groups excluding carboxylic acids is 1. The zero-order valence-corrected chi connectivity index (χ0v) is 7.11. The molecule has 0 saturated carbocycles. The van der Waals surface area contributed by atoms with Gasteiger partial charge >= 0.3 is 6.09 Å². The van der Waals surface area contributed by atoms with E-state index in [1.165, 1.54) is 12.0 Å². The summed E-state index contributed by atoms with van der Waals surface area (Å²) in [5, 5.41) is 7.26. The van der Waals surface area contributed by atoms with Gasteiger partial charge in [-0.25, -0.2) is 4.79 Å². The second-order valence-electron chi connectivity index (χ2n) is 2.17. The van der Waals surface area contributed by atoms with Crippen LogP contribution in [0.2, 0.25) is 0 Å². The monoisotopic (exact) mass is 178 g/mol. The normalized spacial score (nSPS) is 16.1. The van der Waals surface area contributed by atoms with Gasteiger partial charge in [0.15, 0.2) is 0 Å². The van der Waals surface area contributed by atoms with Crippen molar-refractivity contribution in [2.45, 2.75) is 12.8 Å². The average molecular weight is 179 g/mol. The van der Waals surface area contributed by atoms with Crippen LogP contribution in [0.3, 0.4) is 0 Å². The molecule has 11 heavy (non-hydrogen) atoms. The Kier molecular flexibility index (Phi) is 3.89. The molecular weight excluding hydrogens is 168 g/mol. The quantitative estimate of drug-likeness (QED) is 0.607. The summed E-state index contributed by atoms with van der Waals surface area (Å²) >= 11 is 0. The number of likely N-dealkylation sites (tertiary alicyclic amines) is 1. The van der Waals surface area contributed by atoms with Crippen LogP contribution < -0.4 is 0 Å². The molecule has 0 aromatic rings. The van der Waals surface area contributed by atoms with Crippen LogP contribution >= 0.6 is 12.4 Å². The Bertz CT molecular complexity index is 172. The van der Waals surface area contributed by atoms with E-state index in [0.29, 0.717) is 18.8 Å². The van der Waals surface area contributed by atoms with Gasteiger partial charge < -0.3 is 4.74 Å². The predicted octanol–water partition coefficient (Wildman–Crippen LogP) is 1.25. The molecule has 0 aromatic carbocycles. The Morgan fingerprint density at radius 2 is 2.36 bits per heavy atom. The van der Waals surface area contributed by atoms with Crippen LogP contribution in [0.4, 0.5) is 4.79 Å². The maximum absolute atomic E-state index is 10.8. The van der Waals surface area contributed by atoms with Gasteiger partial charge in [0.1, 0.15) is 5.84 Å². The molecule has 0 bridgehead atoms. The fourth-order valence-electron chi connectivity index (χ4n) is 0.986. The van der Waals surface area contributed by atoms with E-state index in [9.17, 15) is 4.79 Å². The highest BCUT2D eigenvalue weighted by Crippen LogP contribution is 2.10. The molecule has 4 nitrogen and oxygen atoms in total. The summed E-state index contributed by atoms with van der Waals surface area (Å²) in [4.78, 5) is 12.1. The third-order valence-corrected chi connectivity index (χ3v) is 1.52. The Labute approximate surface area is 71.4 Å². The van der Waals surface area contributed by atoms with Crippen molar-refractivity contribution < 1.29 is 9.53 Å². The smallest absolute Gasteiger partial charge is 0.414 e. The number of amidine groups is 1. The lowest BCUT2D eigenvalue weighted by Gasteiger charge is -2.12. The van der Waals surface area contributed by atoms with Gasteiger partial charge in [-0.2, -0.15) is 0 Å². The maximum Gasteiger partial charge on any atom is 0.414 e. The van der Waals surface area contributed by atoms with Crippen molar-refractivity contribution in [1.82, 2.24) is 4.90 Å². The molecule has 0 aliphatic carbocycles. The highest BCUT2D eigenvalue weighted by molar-refractivity contribution is 5.94. The second-order valence-corrected chi connectivity index (χ2v) is 2.17.